The van der Waals surface area contributed by atoms with Crippen LogP contribution in [0.15, 0.2) is 47.3 Å². The number of rotatable bonds is 4. The zero-order valence-corrected chi connectivity index (χ0v) is 10.6. The van der Waals surface area contributed by atoms with E-state index < -0.39 is 5.97 Å². The van der Waals surface area contributed by atoms with Gasteiger partial charge in [-0.25, -0.2) is 4.79 Å². The highest BCUT2D eigenvalue weighted by molar-refractivity contribution is 5.89. The molecule has 4 unspecified atom stereocenters. The third-order valence-electron chi connectivity index (χ3n) is 4.67. The van der Waals surface area contributed by atoms with Crippen LogP contribution in [0.5, 0.6) is 0 Å². The predicted octanol–water partition coefficient (Wildman–Crippen LogP) is 2.68. The molecular weight excluding hydrogens is 240 g/mol. The van der Waals surface area contributed by atoms with Crippen LogP contribution in [0.4, 0.5) is 0 Å². The largest absolute Gasteiger partial charge is 0.493 e. The van der Waals surface area contributed by atoms with Crippen LogP contribution >= 0.6 is 0 Å². The maximum absolute atomic E-state index is 11.1. The van der Waals surface area contributed by atoms with Gasteiger partial charge in [-0.05, 0) is 30.4 Å². The highest BCUT2D eigenvalue weighted by atomic mass is 16.5. The van der Waals surface area contributed by atoms with E-state index in [9.17, 15) is 4.79 Å². The molecule has 98 valence electrons. The van der Waals surface area contributed by atoms with Gasteiger partial charge in [-0.2, -0.15) is 0 Å². The molecule has 3 nitrogen and oxygen atoms in total. The normalized spacial score (nSPS) is 37.4. The summed E-state index contributed by atoms with van der Waals surface area (Å²) in [5.74, 6) is 1.48. The molecule has 4 bridgehead atoms. The molecule has 4 aliphatic rings. The Morgan fingerprint density at radius 3 is 2.74 bits per heavy atom. The standard InChI is InChI=1S/C16H16O3/c17-16(18)14-6-10-5-13(14)15(7-10)19-8-12-4-9-1-2-11(12)3-9/h1-2,4,6-7,9-11,13H,3,5,8H2,(H,17,18). The first-order valence-electron chi connectivity index (χ1n) is 6.89. The lowest BCUT2D eigenvalue weighted by atomic mass is 10.0. The van der Waals surface area contributed by atoms with E-state index in [1.54, 1.807) is 0 Å². The first kappa shape index (κ1) is 11.1. The van der Waals surface area contributed by atoms with Crippen molar-refractivity contribution in [2.45, 2.75) is 12.8 Å². The van der Waals surface area contributed by atoms with Crippen LogP contribution < -0.4 is 0 Å². The van der Waals surface area contributed by atoms with Gasteiger partial charge in [0.05, 0.1) is 0 Å². The van der Waals surface area contributed by atoms with Gasteiger partial charge in [-0.1, -0.05) is 24.3 Å². The van der Waals surface area contributed by atoms with E-state index in [0.29, 0.717) is 24.0 Å². The lowest BCUT2D eigenvalue weighted by molar-refractivity contribution is -0.133. The van der Waals surface area contributed by atoms with Gasteiger partial charge in [-0.3, -0.25) is 0 Å². The summed E-state index contributed by atoms with van der Waals surface area (Å²) < 4.78 is 5.91. The third-order valence-corrected chi connectivity index (χ3v) is 4.67. The summed E-state index contributed by atoms with van der Waals surface area (Å²) in [6.45, 7) is 0.619. The van der Waals surface area contributed by atoms with Crippen molar-refractivity contribution in [3.8, 4) is 0 Å². The Morgan fingerprint density at radius 1 is 1.21 bits per heavy atom. The van der Waals surface area contributed by atoms with Gasteiger partial charge >= 0.3 is 5.97 Å². The third kappa shape index (κ3) is 1.68. The number of hydrogen-bond acceptors (Lipinski definition) is 2. The molecule has 0 saturated carbocycles. The van der Waals surface area contributed by atoms with Crippen molar-refractivity contribution in [1.29, 1.82) is 0 Å². The second-order valence-electron chi connectivity index (χ2n) is 5.87. The molecule has 1 N–H and O–H groups in total. The van der Waals surface area contributed by atoms with Gasteiger partial charge in [0.2, 0.25) is 0 Å². The van der Waals surface area contributed by atoms with Crippen molar-refractivity contribution < 1.29 is 14.6 Å². The molecule has 0 radical (unpaired) electrons. The molecule has 0 aliphatic heterocycles. The molecule has 4 rings (SSSR count). The Balaban J connectivity index is 1.42. The van der Waals surface area contributed by atoms with Gasteiger partial charge in [0.15, 0.2) is 0 Å². The highest BCUT2D eigenvalue weighted by Crippen LogP contribution is 2.45. The van der Waals surface area contributed by atoms with Crippen LogP contribution in [0.1, 0.15) is 12.8 Å². The fourth-order valence-electron chi connectivity index (χ4n) is 3.74. The molecule has 0 amide bonds. The lowest BCUT2D eigenvalue weighted by Gasteiger charge is -2.18. The Morgan fingerprint density at radius 2 is 2.11 bits per heavy atom. The highest BCUT2D eigenvalue weighted by Gasteiger charge is 2.39. The number of allylic oxidation sites excluding steroid dienone is 6. The molecule has 0 heterocycles. The van der Waals surface area contributed by atoms with Gasteiger partial charge in [0.25, 0.3) is 0 Å². The quantitative estimate of drug-likeness (QED) is 0.787. The Kier molecular flexibility index (Phi) is 2.25. The van der Waals surface area contributed by atoms with E-state index in [1.165, 1.54) is 12.0 Å². The number of carbonyl (C=O) groups is 1. The number of hydrogen-bond donors (Lipinski definition) is 1. The Hall–Kier alpha value is -1.77. The average molecular weight is 256 g/mol. The minimum atomic E-state index is -0.802. The Bertz CT molecular complexity index is 565. The van der Waals surface area contributed by atoms with E-state index in [0.717, 1.165) is 12.2 Å². The summed E-state index contributed by atoms with van der Waals surface area (Å²) in [6.07, 6.45) is 12.8. The fraction of sp³-hybridized carbons (Fsp3) is 0.438. The predicted molar refractivity (Wildman–Crippen MR) is 70.2 cm³/mol. The lowest BCUT2D eigenvalue weighted by Crippen LogP contribution is -2.14. The summed E-state index contributed by atoms with van der Waals surface area (Å²) in [7, 11) is 0. The number of carboxylic acid groups (broad SMARTS) is 1. The van der Waals surface area contributed by atoms with Crippen LogP contribution in [0.25, 0.3) is 0 Å². The summed E-state index contributed by atoms with van der Waals surface area (Å²) in [5, 5.41) is 9.15. The van der Waals surface area contributed by atoms with E-state index in [-0.39, 0.29) is 11.8 Å². The first-order valence-corrected chi connectivity index (χ1v) is 6.89. The van der Waals surface area contributed by atoms with Crippen molar-refractivity contribution in [2.75, 3.05) is 6.61 Å². The zero-order valence-electron chi connectivity index (χ0n) is 10.6. The summed E-state index contributed by atoms with van der Waals surface area (Å²) >= 11 is 0. The van der Waals surface area contributed by atoms with Gasteiger partial charge in [0.1, 0.15) is 12.4 Å². The van der Waals surface area contributed by atoms with Crippen LogP contribution in [0.3, 0.4) is 0 Å². The zero-order chi connectivity index (χ0) is 13.0. The van der Waals surface area contributed by atoms with Gasteiger partial charge in [-0.15, -0.1) is 0 Å². The van der Waals surface area contributed by atoms with Crippen molar-refractivity contribution in [3.05, 3.63) is 47.3 Å². The van der Waals surface area contributed by atoms with Crippen LogP contribution in [0.2, 0.25) is 0 Å². The molecule has 0 fully saturated rings. The molecule has 4 aliphatic carbocycles. The second-order valence-corrected chi connectivity index (χ2v) is 5.87. The van der Waals surface area contributed by atoms with Crippen LogP contribution in [-0.2, 0) is 9.53 Å². The number of ether oxygens (including phenoxy) is 1. The second kappa shape index (κ2) is 3.86. The molecule has 0 aromatic rings. The van der Waals surface area contributed by atoms with Crippen molar-refractivity contribution in [1.82, 2.24) is 0 Å². The molecular formula is C16H16O3. The monoisotopic (exact) mass is 256 g/mol. The molecule has 0 spiro atoms. The molecule has 0 saturated heterocycles. The summed E-state index contributed by atoms with van der Waals surface area (Å²) in [4.78, 5) is 11.1. The van der Waals surface area contributed by atoms with E-state index in [1.807, 2.05) is 6.08 Å². The van der Waals surface area contributed by atoms with E-state index >= 15 is 0 Å². The van der Waals surface area contributed by atoms with E-state index in [4.69, 9.17) is 9.84 Å². The molecule has 4 atom stereocenters. The topological polar surface area (TPSA) is 46.5 Å². The van der Waals surface area contributed by atoms with Gasteiger partial charge in [0, 0.05) is 23.3 Å². The molecule has 0 aromatic heterocycles. The molecule has 0 aromatic carbocycles. The van der Waals surface area contributed by atoms with Crippen molar-refractivity contribution in [3.63, 3.8) is 0 Å². The van der Waals surface area contributed by atoms with Crippen LogP contribution in [-0.4, -0.2) is 17.7 Å². The molecule has 19 heavy (non-hydrogen) atoms. The number of carboxylic acids is 1. The number of fused-ring (bicyclic) bond motifs is 4. The maximum atomic E-state index is 11.1. The van der Waals surface area contributed by atoms with Gasteiger partial charge < -0.3 is 9.84 Å². The smallest absolute Gasteiger partial charge is 0.332 e. The van der Waals surface area contributed by atoms with Crippen molar-refractivity contribution in [2.24, 2.45) is 23.7 Å². The summed E-state index contributed by atoms with van der Waals surface area (Å²) in [5.41, 5.74) is 1.88. The summed E-state index contributed by atoms with van der Waals surface area (Å²) in [6, 6.07) is 0. The van der Waals surface area contributed by atoms with E-state index in [2.05, 4.69) is 24.3 Å². The minimum Gasteiger partial charge on any atom is -0.493 e. The maximum Gasteiger partial charge on any atom is 0.332 e. The number of aliphatic carboxylic acids is 1. The average Bonchev–Trinajstić information content (AvgIpc) is 3.14. The fourth-order valence-corrected chi connectivity index (χ4v) is 3.74. The molecule has 3 heteroatoms. The van der Waals surface area contributed by atoms with Crippen molar-refractivity contribution >= 4 is 5.97 Å². The SMILES string of the molecule is O=C(O)C1=CC2C=C(OCC3=CC4C=CC3C4)C1C2. The first-order chi connectivity index (χ1) is 9.20. The van der Waals surface area contributed by atoms with Crippen LogP contribution in [0, 0.1) is 23.7 Å². The Labute approximate surface area is 112 Å². The minimum absolute atomic E-state index is 0.0165.